The van der Waals surface area contributed by atoms with Gasteiger partial charge in [0.25, 0.3) is 5.69 Å². The maximum Gasteiger partial charge on any atom is 0.292 e. The van der Waals surface area contributed by atoms with E-state index < -0.39 is 4.92 Å². The van der Waals surface area contributed by atoms with Crippen molar-refractivity contribution in [2.45, 2.75) is 24.9 Å². The summed E-state index contributed by atoms with van der Waals surface area (Å²) in [5.41, 5.74) is 1.06. The topological polar surface area (TPSA) is 103 Å². The lowest BCUT2D eigenvalue weighted by atomic mass is 10.2. The molecule has 1 amide bonds. The number of nitrogens with one attached hydrogen (secondary N) is 1. The van der Waals surface area contributed by atoms with Gasteiger partial charge < -0.3 is 9.88 Å². The van der Waals surface area contributed by atoms with Gasteiger partial charge in [0.05, 0.1) is 10.7 Å². The number of rotatable bonds is 8. The number of aryl methyl sites for hydroxylation is 1. The van der Waals surface area contributed by atoms with E-state index in [2.05, 4.69) is 33.9 Å². The Morgan fingerprint density at radius 3 is 2.89 bits per heavy atom. The van der Waals surface area contributed by atoms with Crippen molar-refractivity contribution in [2.75, 3.05) is 11.1 Å². The molecule has 0 radical (unpaired) electrons. The number of thioether (sulfide) groups is 1. The van der Waals surface area contributed by atoms with Crippen LogP contribution in [0.15, 0.2) is 40.9 Å². The molecule has 0 aliphatic carbocycles. The second-order valence-corrected chi connectivity index (χ2v) is 7.97. The van der Waals surface area contributed by atoms with Crippen molar-refractivity contribution >= 4 is 40.4 Å². The number of thiophene rings is 1. The van der Waals surface area contributed by atoms with Gasteiger partial charge in [-0.25, -0.2) is 0 Å². The van der Waals surface area contributed by atoms with Crippen LogP contribution in [0.3, 0.4) is 0 Å². The van der Waals surface area contributed by atoms with E-state index in [0.717, 1.165) is 24.2 Å². The van der Waals surface area contributed by atoms with Crippen molar-refractivity contribution in [1.82, 2.24) is 14.8 Å². The highest BCUT2D eigenvalue weighted by atomic mass is 32.2. The summed E-state index contributed by atoms with van der Waals surface area (Å²) in [7, 11) is 1.86. The molecule has 0 saturated carbocycles. The summed E-state index contributed by atoms with van der Waals surface area (Å²) in [5, 5.41) is 24.7. The maximum atomic E-state index is 12.2. The molecule has 3 aromatic rings. The fourth-order valence-electron chi connectivity index (χ4n) is 2.62. The Morgan fingerprint density at radius 1 is 1.36 bits per heavy atom. The molecule has 2 aromatic heterocycles. The quantitative estimate of drug-likeness (QED) is 0.336. The van der Waals surface area contributed by atoms with Crippen LogP contribution in [0.1, 0.15) is 18.2 Å². The van der Waals surface area contributed by atoms with Crippen LogP contribution in [-0.2, 0) is 18.3 Å². The molecule has 0 saturated heterocycles. The first kappa shape index (κ1) is 20.0. The van der Waals surface area contributed by atoms with Gasteiger partial charge in [-0.3, -0.25) is 14.9 Å². The summed E-state index contributed by atoms with van der Waals surface area (Å²) < 4.78 is 1.85. The molecule has 0 aliphatic heterocycles. The number of amides is 1. The van der Waals surface area contributed by atoms with Crippen molar-refractivity contribution in [1.29, 1.82) is 0 Å². The predicted octanol–water partition coefficient (Wildman–Crippen LogP) is 4.14. The van der Waals surface area contributed by atoms with E-state index in [0.29, 0.717) is 5.16 Å². The third-order valence-corrected chi connectivity index (χ3v) is 5.97. The highest BCUT2D eigenvalue weighted by Crippen LogP contribution is 2.28. The van der Waals surface area contributed by atoms with Crippen molar-refractivity contribution in [3.05, 3.63) is 50.7 Å². The Morgan fingerprint density at radius 2 is 2.14 bits per heavy atom. The van der Waals surface area contributed by atoms with Crippen molar-refractivity contribution in [2.24, 2.45) is 7.05 Å². The van der Waals surface area contributed by atoms with E-state index in [1.54, 1.807) is 23.5 Å². The van der Waals surface area contributed by atoms with Gasteiger partial charge in [0.2, 0.25) is 5.91 Å². The minimum atomic E-state index is -0.522. The summed E-state index contributed by atoms with van der Waals surface area (Å²) in [6.45, 7) is 2.14. The lowest BCUT2D eigenvalue weighted by Gasteiger charge is -2.06. The Bertz CT molecular complexity index is 999. The molecule has 8 nitrogen and oxygen atoms in total. The molecule has 0 spiro atoms. The summed E-state index contributed by atoms with van der Waals surface area (Å²) in [5.74, 6) is 0.479. The molecule has 10 heteroatoms. The molecule has 1 N–H and O–H groups in total. The highest BCUT2D eigenvalue weighted by Gasteiger charge is 2.17. The molecule has 1 aromatic carbocycles. The zero-order valence-corrected chi connectivity index (χ0v) is 17.0. The van der Waals surface area contributed by atoms with Crippen molar-refractivity contribution < 1.29 is 9.72 Å². The largest absolute Gasteiger partial charge is 0.320 e. The summed E-state index contributed by atoms with van der Waals surface area (Å²) in [4.78, 5) is 24.0. The van der Waals surface area contributed by atoms with E-state index in [-0.39, 0.29) is 23.0 Å². The van der Waals surface area contributed by atoms with Gasteiger partial charge in [-0.15, -0.1) is 21.5 Å². The smallest absolute Gasteiger partial charge is 0.292 e. The van der Waals surface area contributed by atoms with Crippen LogP contribution in [0, 0.1) is 10.1 Å². The standard InChI is InChI=1S/C18H19N5O3S2/c1-3-6-13-9-12(10-27-13)17-20-21-18(22(17)2)28-11-16(24)19-14-7-4-5-8-15(14)23(25)26/h4-5,7-10H,3,6,11H2,1-2H3,(H,19,24). The number of anilines is 1. The van der Waals surface area contributed by atoms with E-state index in [4.69, 9.17) is 0 Å². The highest BCUT2D eigenvalue weighted by molar-refractivity contribution is 7.99. The molecule has 146 valence electrons. The van der Waals surface area contributed by atoms with E-state index in [1.165, 1.54) is 28.8 Å². The van der Waals surface area contributed by atoms with E-state index in [1.807, 2.05) is 11.6 Å². The molecule has 2 heterocycles. The lowest BCUT2D eigenvalue weighted by Crippen LogP contribution is -2.15. The summed E-state index contributed by atoms with van der Waals surface area (Å²) >= 11 is 2.94. The zero-order chi connectivity index (χ0) is 20.1. The SMILES string of the molecule is CCCc1cc(-c2nnc(SCC(=O)Nc3ccccc3[N+](=O)[O-])n2C)cs1. The fourth-order valence-corrected chi connectivity index (χ4v) is 4.30. The van der Waals surface area contributed by atoms with Crippen LogP contribution in [-0.4, -0.2) is 31.3 Å². The molecule has 0 unspecified atom stereocenters. The molecule has 0 bridgehead atoms. The molecular weight excluding hydrogens is 398 g/mol. The minimum absolute atomic E-state index is 0.0722. The summed E-state index contributed by atoms with van der Waals surface area (Å²) in [6, 6.07) is 8.17. The predicted molar refractivity (Wildman–Crippen MR) is 111 cm³/mol. The van der Waals surface area contributed by atoms with E-state index >= 15 is 0 Å². The van der Waals surface area contributed by atoms with Gasteiger partial charge in [0.15, 0.2) is 11.0 Å². The van der Waals surface area contributed by atoms with E-state index in [9.17, 15) is 14.9 Å². The Labute approximate surface area is 170 Å². The van der Waals surface area contributed by atoms with Gasteiger partial charge in [-0.05, 0) is 18.6 Å². The Balaban J connectivity index is 1.64. The maximum absolute atomic E-state index is 12.2. The second kappa shape index (κ2) is 8.98. The van der Waals surface area contributed by atoms with Crippen LogP contribution < -0.4 is 5.32 Å². The first-order valence-corrected chi connectivity index (χ1v) is 10.5. The van der Waals surface area contributed by atoms with Crippen molar-refractivity contribution in [3.8, 4) is 11.4 Å². The average molecular weight is 418 g/mol. The number of nitro benzene ring substituents is 1. The van der Waals surface area contributed by atoms with Crippen LogP contribution in [0.25, 0.3) is 11.4 Å². The third kappa shape index (κ3) is 4.57. The Hall–Kier alpha value is -2.72. The van der Waals surface area contributed by atoms with Gasteiger partial charge >= 0.3 is 0 Å². The van der Waals surface area contributed by atoms with Crippen LogP contribution >= 0.6 is 23.1 Å². The van der Waals surface area contributed by atoms with Crippen molar-refractivity contribution in [3.63, 3.8) is 0 Å². The van der Waals surface area contributed by atoms with Gasteiger partial charge in [-0.1, -0.05) is 37.2 Å². The zero-order valence-electron chi connectivity index (χ0n) is 15.4. The number of carbonyl (C=O) groups is 1. The molecule has 0 atom stereocenters. The Kier molecular flexibility index (Phi) is 6.42. The normalized spacial score (nSPS) is 10.8. The second-order valence-electron chi connectivity index (χ2n) is 6.03. The van der Waals surface area contributed by atoms with Crippen LogP contribution in [0.5, 0.6) is 0 Å². The number of nitrogens with zero attached hydrogens (tertiary/aromatic N) is 4. The van der Waals surface area contributed by atoms with Crippen LogP contribution in [0.4, 0.5) is 11.4 Å². The lowest BCUT2D eigenvalue weighted by molar-refractivity contribution is -0.383. The number of aromatic nitrogens is 3. The first-order chi connectivity index (χ1) is 13.5. The first-order valence-electron chi connectivity index (χ1n) is 8.62. The molecule has 28 heavy (non-hydrogen) atoms. The molecule has 0 fully saturated rings. The average Bonchev–Trinajstić information content (AvgIpc) is 3.27. The molecule has 3 rings (SSSR count). The monoisotopic (exact) mass is 417 g/mol. The number of carbonyl (C=O) groups excluding carboxylic acids is 1. The fraction of sp³-hybridized carbons (Fsp3) is 0.278. The minimum Gasteiger partial charge on any atom is -0.320 e. The van der Waals surface area contributed by atoms with Crippen LogP contribution in [0.2, 0.25) is 0 Å². The third-order valence-electron chi connectivity index (χ3n) is 3.95. The number of nitro groups is 1. The number of hydrogen-bond acceptors (Lipinski definition) is 7. The van der Waals surface area contributed by atoms with Gasteiger partial charge in [0, 0.05) is 28.9 Å². The number of para-hydroxylation sites is 2. The molecular formula is C18H19N5O3S2. The van der Waals surface area contributed by atoms with Gasteiger partial charge in [-0.2, -0.15) is 0 Å². The summed E-state index contributed by atoms with van der Waals surface area (Å²) in [6.07, 6.45) is 2.13. The molecule has 0 aliphatic rings. The number of hydrogen-bond donors (Lipinski definition) is 1. The number of benzene rings is 1. The van der Waals surface area contributed by atoms with Gasteiger partial charge in [0.1, 0.15) is 5.69 Å².